The molecule has 176 valence electrons. The van der Waals surface area contributed by atoms with E-state index in [9.17, 15) is 9.59 Å². The van der Waals surface area contributed by atoms with Gasteiger partial charge in [0, 0.05) is 32.4 Å². The van der Waals surface area contributed by atoms with Crippen molar-refractivity contribution in [3.8, 4) is 5.75 Å². The molecule has 3 heterocycles. The Balaban J connectivity index is 1.51. The summed E-state index contributed by atoms with van der Waals surface area (Å²) in [7, 11) is 1.69. The van der Waals surface area contributed by atoms with Gasteiger partial charge in [0.2, 0.25) is 5.95 Å². The molecule has 0 bridgehead atoms. The molecule has 4 aromatic rings. The molecule has 0 unspecified atom stereocenters. The minimum absolute atomic E-state index is 0.265. The molecule has 0 aliphatic carbocycles. The van der Waals surface area contributed by atoms with E-state index in [1.165, 1.54) is 14.7 Å². The fourth-order valence-corrected chi connectivity index (χ4v) is 4.68. The van der Waals surface area contributed by atoms with Crippen molar-refractivity contribution in [2.24, 2.45) is 7.05 Å². The van der Waals surface area contributed by atoms with Gasteiger partial charge in [-0.2, -0.15) is 4.98 Å². The molecule has 0 spiro atoms. The van der Waals surface area contributed by atoms with Crippen LogP contribution in [0, 0.1) is 0 Å². The normalized spacial score (nSPS) is 13.3. The zero-order chi connectivity index (χ0) is 23.7. The Bertz CT molecular complexity index is 1420. The second-order valence-electron chi connectivity index (χ2n) is 8.56. The number of ether oxygens (including phenoxy) is 1. The lowest BCUT2D eigenvalue weighted by atomic mass is 10.1. The van der Waals surface area contributed by atoms with E-state index in [1.807, 2.05) is 54.0 Å². The molecule has 2 aromatic heterocycles. The molecule has 8 heteroatoms. The van der Waals surface area contributed by atoms with Crippen LogP contribution in [-0.2, 0) is 26.6 Å². The third kappa shape index (κ3) is 3.89. The van der Waals surface area contributed by atoms with E-state index in [0.29, 0.717) is 43.2 Å². The molecule has 0 saturated heterocycles. The molecule has 34 heavy (non-hydrogen) atoms. The highest BCUT2D eigenvalue weighted by molar-refractivity contribution is 5.77. The standard InChI is InChI=1S/C26H29N5O3/c1-3-34-21-14-12-20(13-15-21)29-17-8-18-30-22-23(27-25(29)30)28(2)26(33)31(24(22)32)16-7-11-19-9-5-4-6-10-19/h4-6,9-10,12-15H,3,7-8,11,16-18H2,1-2H3. The van der Waals surface area contributed by atoms with Crippen molar-refractivity contribution in [1.29, 1.82) is 0 Å². The van der Waals surface area contributed by atoms with Gasteiger partial charge in [0.1, 0.15) is 5.75 Å². The first-order valence-corrected chi connectivity index (χ1v) is 11.8. The molecule has 8 nitrogen and oxygen atoms in total. The summed E-state index contributed by atoms with van der Waals surface area (Å²) in [4.78, 5) is 33.4. The number of rotatable bonds is 7. The average molecular weight is 460 g/mol. The molecule has 1 aliphatic rings. The quantitative estimate of drug-likeness (QED) is 0.423. The zero-order valence-electron chi connectivity index (χ0n) is 19.6. The molecule has 0 fully saturated rings. The highest BCUT2D eigenvalue weighted by Crippen LogP contribution is 2.31. The summed E-state index contributed by atoms with van der Waals surface area (Å²) in [6, 6.07) is 18.0. The van der Waals surface area contributed by atoms with Gasteiger partial charge in [-0.15, -0.1) is 0 Å². The lowest BCUT2D eigenvalue weighted by Crippen LogP contribution is -2.40. The number of hydrogen-bond acceptors (Lipinski definition) is 5. The Kier molecular flexibility index (Phi) is 5.96. The van der Waals surface area contributed by atoms with Crippen LogP contribution >= 0.6 is 0 Å². The highest BCUT2D eigenvalue weighted by atomic mass is 16.5. The SMILES string of the molecule is CCOc1ccc(N2CCCn3c2nc2c3c(=O)n(CCCc3ccccc3)c(=O)n2C)cc1. The third-order valence-electron chi connectivity index (χ3n) is 6.37. The largest absolute Gasteiger partial charge is 0.494 e. The van der Waals surface area contributed by atoms with Gasteiger partial charge < -0.3 is 14.2 Å². The maximum atomic E-state index is 13.5. The fraction of sp³-hybridized carbons (Fsp3) is 0.346. The predicted molar refractivity (Wildman–Crippen MR) is 133 cm³/mol. The fourth-order valence-electron chi connectivity index (χ4n) is 4.68. The second-order valence-corrected chi connectivity index (χ2v) is 8.56. The summed E-state index contributed by atoms with van der Waals surface area (Å²) in [5.74, 6) is 1.51. The summed E-state index contributed by atoms with van der Waals surface area (Å²) in [5, 5.41) is 0. The lowest BCUT2D eigenvalue weighted by Gasteiger charge is -2.29. The van der Waals surface area contributed by atoms with Gasteiger partial charge in [0.15, 0.2) is 11.2 Å². The minimum Gasteiger partial charge on any atom is -0.494 e. The van der Waals surface area contributed by atoms with Crippen LogP contribution in [0.2, 0.25) is 0 Å². The van der Waals surface area contributed by atoms with Crippen LogP contribution in [0.25, 0.3) is 11.2 Å². The van der Waals surface area contributed by atoms with Crippen molar-refractivity contribution < 1.29 is 4.74 Å². The van der Waals surface area contributed by atoms with Crippen molar-refractivity contribution in [3.63, 3.8) is 0 Å². The summed E-state index contributed by atoms with van der Waals surface area (Å²) in [5.41, 5.74) is 2.51. The summed E-state index contributed by atoms with van der Waals surface area (Å²) in [6.07, 6.45) is 2.40. The third-order valence-corrected chi connectivity index (χ3v) is 6.37. The number of aryl methyl sites for hydroxylation is 3. The summed E-state index contributed by atoms with van der Waals surface area (Å²) < 4.78 is 10.4. The van der Waals surface area contributed by atoms with E-state index in [-0.39, 0.29) is 11.2 Å². The van der Waals surface area contributed by atoms with E-state index in [1.54, 1.807) is 7.05 Å². The van der Waals surface area contributed by atoms with Crippen LogP contribution in [0.4, 0.5) is 11.6 Å². The van der Waals surface area contributed by atoms with Gasteiger partial charge in [0.25, 0.3) is 5.56 Å². The Morgan fingerprint density at radius 2 is 1.76 bits per heavy atom. The van der Waals surface area contributed by atoms with Crippen LogP contribution in [0.15, 0.2) is 64.2 Å². The van der Waals surface area contributed by atoms with Crippen LogP contribution in [0.5, 0.6) is 5.75 Å². The van der Waals surface area contributed by atoms with Gasteiger partial charge in [-0.05, 0) is 56.0 Å². The molecule has 0 amide bonds. The first-order valence-electron chi connectivity index (χ1n) is 11.8. The van der Waals surface area contributed by atoms with Gasteiger partial charge in [-0.1, -0.05) is 30.3 Å². The number of hydrogen-bond donors (Lipinski definition) is 0. The van der Waals surface area contributed by atoms with Crippen molar-refractivity contribution in [2.45, 2.75) is 39.3 Å². The lowest BCUT2D eigenvalue weighted by molar-refractivity contribution is 0.340. The Hall–Kier alpha value is -3.81. The van der Waals surface area contributed by atoms with Gasteiger partial charge in [0.05, 0.1) is 6.61 Å². The second kappa shape index (κ2) is 9.21. The van der Waals surface area contributed by atoms with E-state index in [4.69, 9.17) is 9.72 Å². The topological polar surface area (TPSA) is 74.3 Å². The van der Waals surface area contributed by atoms with E-state index >= 15 is 0 Å². The van der Waals surface area contributed by atoms with Crippen LogP contribution in [0.3, 0.4) is 0 Å². The van der Waals surface area contributed by atoms with Crippen molar-refractivity contribution in [2.75, 3.05) is 18.1 Å². The number of aromatic nitrogens is 4. The summed E-state index contributed by atoms with van der Waals surface area (Å²) in [6.45, 7) is 4.43. The molecule has 0 radical (unpaired) electrons. The van der Waals surface area contributed by atoms with Crippen molar-refractivity contribution >= 4 is 22.8 Å². The van der Waals surface area contributed by atoms with E-state index in [2.05, 4.69) is 17.0 Å². The van der Waals surface area contributed by atoms with Gasteiger partial charge >= 0.3 is 5.69 Å². The van der Waals surface area contributed by atoms with Crippen LogP contribution in [-0.4, -0.2) is 31.8 Å². The predicted octanol–water partition coefficient (Wildman–Crippen LogP) is 3.47. The average Bonchev–Trinajstić information content (AvgIpc) is 3.26. The summed E-state index contributed by atoms with van der Waals surface area (Å²) >= 11 is 0. The molecule has 2 aromatic carbocycles. The van der Waals surface area contributed by atoms with Crippen LogP contribution < -0.4 is 20.9 Å². The maximum absolute atomic E-state index is 13.5. The monoisotopic (exact) mass is 459 g/mol. The van der Waals surface area contributed by atoms with E-state index in [0.717, 1.165) is 30.8 Å². The molecular weight excluding hydrogens is 430 g/mol. The molecule has 5 rings (SSSR count). The van der Waals surface area contributed by atoms with Crippen molar-refractivity contribution in [3.05, 3.63) is 81.0 Å². The number of imidazole rings is 1. The number of anilines is 2. The van der Waals surface area contributed by atoms with Gasteiger partial charge in [-0.25, -0.2) is 4.79 Å². The first kappa shape index (κ1) is 22.0. The molecule has 0 atom stereocenters. The van der Waals surface area contributed by atoms with Crippen LogP contribution in [0.1, 0.15) is 25.3 Å². The Morgan fingerprint density at radius 3 is 2.50 bits per heavy atom. The Labute approximate surface area is 197 Å². The Morgan fingerprint density at radius 1 is 1.00 bits per heavy atom. The molecular formula is C26H29N5O3. The van der Waals surface area contributed by atoms with E-state index < -0.39 is 0 Å². The minimum atomic E-state index is -0.325. The number of nitrogens with zero attached hydrogens (tertiary/aromatic N) is 5. The highest BCUT2D eigenvalue weighted by Gasteiger charge is 2.27. The zero-order valence-corrected chi connectivity index (χ0v) is 19.6. The number of benzene rings is 2. The molecule has 0 saturated carbocycles. The van der Waals surface area contributed by atoms with Gasteiger partial charge in [-0.3, -0.25) is 13.9 Å². The smallest absolute Gasteiger partial charge is 0.332 e. The molecule has 0 N–H and O–H groups in total. The van der Waals surface area contributed by atoms with Crippen molar-refractivity contribution in [1.82, 2.24) is 18.7 Å². The first-order chi connectivity index (χ1) is 16.6. The molecule has 1 aliphatic heterocycles. The maximum Gasteiger partial charge on any atom is 0.332 e. The number of fused-ring (bicyclic) bond motifs is 3.